The Kier molecular flexibility index (Phi) is 7.91. The Labute approximate surface area is 231 Å². The Morgan fingerprint density at radius 3 is 1.84 bits per heavy atom. The molecule has 0 saturated carbocycles. The molecule has 0 amide bonds. The molecule has 0 unspecified atom stereocenters. The monoisotopic (exact) mass is 550 g/mol. The molecule has 0 radical (unpaired) electrons. The van der Waals surface area contributed by atoms with Crippen molar-refractivity contribution in [3.8, 4) is 0 Å². The molecule has 5 rings (SSSR count). The molecule has 2 saturated heterocycles. The van der Waals surface area contributed by atoms with Crippen molar-refractivity contribution in [1.29, 1.82) is 0 Å². The minimum Gasteiger partial charge on any atom is -0.405 e. The molecule has 1 N–H and O–H groups in total. The Bertz CT molecular complexity index is 1150. The second-order valence-corrected chi connectivity index (χ2v) is 17.0. The van der Waals surface area contributed by atoms with Gasteiger partial charge in [0.1, 0.15) is 29.9 Å². The third-order valence-electron chi connectivity index (χ3n) is 7.33. The molecule has 3 aromatic rings. The van der Waals surface area contributed by atoms with Crippen molar-refractivity contribution >= 4 is 30.5 Å². The van der Waals surface area contributed by atoms with Gasteiger partial charge in [0.15, 0.2) is 5.79 Å². The molecule has 202 valence electrons. The van der Waals surface area contributed by atoms with E-state index in [1.54, 1.807) is 0 Å². The van der Waals surface area contributed by atoms with Gasteiger partial charge in [0.2, 0.25) is 0 Å². The fourth-order valence-corrected chi connectivity index (χ4v) is 11.3. The number of thioether (sulfide) groups is 1. The van der Waals surface area contributed by atoms with Gasteiger partial charge in [0, 0.05) is 4.90 Å². The molecule has 38 heavy (non-hydrogen) atoms. The Hall–Kier alpha value is -1.97. The van der Waals surface area contributed by atoms with Crippen molar-refractivity contribution in [2.45, 2.75) is 80.2 Å². The number of fused-ring (bicyclic) bond motifs is 1. The second-order valence-electron chi connectivity index (χ2n) is 11.5. The van der Waals surface area contributed by atoms with Crippen LogP contribution < -0.4 is 10.4 Å². The summed E-state index contributed by atoms with van der Waals surface area (Å²) in [5.74, 6) is -0.818. The van der Waals surface area contributed by atoms with E-state index in [1.165, 1.54) is 22.1 Å². The van der Waals surface area contributed by atoms with Crippen LogP contribution >= 0.6 is 11.8 Å². The van der Waals surface area contributed by atoms with Crippen molar-refractivity contribution in [1.82, 2.24) is 0 Å². The lowest BCUT2D eigenvalue weighted by atomic mass is 10.0. The maximum absolute atomic E-state index is 11.3. The van der Waals surface area contributed by atoms with Crippen molar-refractivity contribution in [3.63, 3.8) is 0 Å². The lowest BCUT2D eigenvalue weighted by molar-refractivity contribution is -0.166. The molecule has 5 atom stereocenters. The Morgan fingerprint density at radius 2 is 1.32 bits per heavy atom. The van der Waals surface area contributed by atoms with Gasteiger partial charge in [-0.25, -0.2) is 0 Å². The van der Waals surface area contributed by atoms with Crippen molar-refractivity contribution < 1.29 is 23.7 Å². The highest BCUT2D eigenvalue weighted by Crippen LogP contribution is 2.43. The van der Waals surface area contributed by atoms with E-state index in [-0.39, 0.29) is 5.04 Å². The van der Waals surface area contributed by atoms with E-state index in [1.807, 2.05) is 56.3 Å². The van der Waals surface area contributed by atoms with Gasteiger partial charge in [-0.15, -0.1) is 0 Å². The average molecular weight is 551 g/mol. The van der Waals surface area contributed by atoms with Gasteiger partial charge < -0.3 is 23.7 Å². The first-order valence-corrected chi connectivity index (χ1v) is 16.1. The molecule has 0 bridgehead atoms. The standard InChI is InChI=1S/C31H38O5SSi/c1-30(2,3)38(23-17-11-7-12-18-23,24-19-13-8-14-20-24)33-21-25-27-28(36-31(4,5)35-27)26(32)29(34-25)37-22-15-9-6-10-16-22/h6-20,25-29,32H,21H2,1-5H3/t25-,26-,27+,28-,29+/m1/s1. The highest BCUT2D eigenvalue weighted by atomic mass is 32.2. The smallest absolute Gasteiger partial charge is 0.261 e. The van der Waals surface area contributed by atoms with Crippen LogP contribution in [0.4, 0.5) is 0 Å². The van der Waals surface area contributed by atoms with E-state index in [0.29, 0.717) is 6.61 Å². The molecule has 2 aliphatic rings. The molecule has 0 spiro atoms. The molecule has 2 heterocycles. The zero-order chi connectivity index (χ0) is 27.0. The van der Waals surface area contributed by atoms with Gasteiger partial charge in [-0.2, -0.15) is 0 Å². The molecule has 0 aliphatic carbocycles. The highest BCUT2D eigenvalue weighted by Gasteiger charge is 2.57. The van der Waals surface area contributed by atoms with Gasteiger partial charge in [-0.3, -0.25) is 0 Å². The number of aliphatic hydroxyl groups excluding tert-OH is 1. The molecule has 0 aromatic heterocycles. The first-order valence-electron chi connectivity index (χ1n) is 13.3. The van der Waals surface area contributed by atoms with Gasteiger partial charge in [0.05, 0.1) is 6.61 Å². The molecular weight excluding hydrogens is 512 g/mol. The summed E-state index contributed by atoms with van der Waals surface area (Å²) in [5.41, 5.74) is -0.510. The predicted octanol–water partition coefficient (Wildman–Crippen LogP) is 4.96. The zero-order valence-corrected chi connectivity index (χ0v) is 24.6. The summed E-state index contributed by atoms with van der Waals surface area (Å²) >= 11 is 1.51. The summed E-state index contributed by atoms with van der Waals surface area (Å²) in [4.78, 5) is 1.03. The lowest BCUT2D eigenvalue weighted by Gasteiger charge is -2.45. The van der Waals surface area contributed by atoms with Crippen molar-refractivity contribution in [2.24, 2.45) is 0 Å². The van der Waals surface area contributed by atoms with E-state index in [9.17, 15) is 5.11 Å². The zero-order valence-electron chi connectivity index (χ0n) is 22.7. The van der Waals surface area contributed by atoms with Crippen molar-refractivity contribution in [3.05, 3.63) is 91.0 Å². The quantitative estimate of drug-likeness (QED) is 0.420. The van der Waals surface area contributed by atoms with Crippen LogP contribution in [0, 0.1) is 0 Å². The largest absolute Gasteiger partial charge is 0.405 e. The first kappa shape index (κ1) is 27.6. The fraction of sp³-hybridized carbons (Fsp3) is 0.419. The van der Waals surface area contributed by atoms with Crippen LogP contribution in [0.2, 0.25) is 5.04 Å². The third-order valence-corrected chi connectivity index (χ3v) is 13.5. The summed E-state index contributed by atoms with van der Waals surface area (Å²) in [5, 5.41) is 13.5. The van der Waals surface area contributed by atoms with Crippen LogP contribution in [0.1, 0.15) is 34.6 Å². The SMILES string of the molecule is CC1(C)O[C@@H]2[C@@H](O)[C@H](Sc3ccccc3)O[C@H](CO[Si](c3ccccc3)(c3ccccc3)C(C)(C)C)[C@@H]2O1. The number of hydrogen-bond acceptors (Lipinski definition) is 6. The van der Waals surface area contributed by atoms with Crippen LogP contribution in [0.3, 0.4) is 0 Å². The predicted molar refractivity (Wildman–Crippen MR) is 154 cm³/mol. The maximum Gasteiger partial charge on any atom is 0.261 e. The summed E-state index contributed by atoms with van der Waals surface area (Å²) in [6, 6.07) is 31.2. The number of hydrogen-bond donors (Lipinski definition) is 1. The molecule has 3 aromatic carbocycles. The number of benzene rings is 3. The normalized spacial score (nSPS) is 27.2. The lowest BCUT2D eigenvalue weighted by Crippen LogP contribution is -2.68. The minimum absolute atomic E-state index is 0.159. The summed E-state index contributed by atoms with van der Waals surface area (Å²) in [6.07, 6.45) is -2.19. The maximum atomic E-state index is 11.3. The molecule has 2 fully saturated rings. The van der Waals surface area contributed by atoms with Gasteiger partial charge in [-0.05, 0) is 41.4 Å². The molecule has 7 heteroatoms. The molecule has 2 aliphatic heterocycles. The van der Waals surface area contributed by atoms with Gasteiger partial charge >= 0.3 is 0 Å². The van der Waals surface area contributed by atoms with Crippen LogP contribution in [-0.4, -0.2) is 55.7 Å². The third kappa shape index (κ3) is 5.38. The summed E-state index contributed by atoms with van der Waals surface area (Å²) < 4.78 is 26.3. The van der Waals surface area contributed by atoms with Crippen LogP contribution in [0.25, 0.3) is 0 Å². The highest BCUT2D eigenvalue weighted by molar-refractivity contribution is 7.99. The van der Waals surface area contributed by atoms with E-state index in [2.05, 4.69) is 69.3 Å². The van der Waals surface area contributed by atoms with E-state index < -0.39 is 44.0 Å². The van der Waals surface area contributed by atoms with Gasteiger partial charge in [0.25, 0.3) is 8.32 Å². The van der Waals surface area contributed by atoms with Crippen LogP contribution in [0.5, 0.6) is 0 Å². The summed E-state index contributed by atoms with van der Waals surface area (Å²) in [6.45, 7) is 10.9. The number of ether oxygens (including phenoxy) is 3. The van der Waals surface area contributed by atoms with Crippen LogP contribution in [0.15, 0.2) is 95.9 Å². The first-order chi connectivity index (χ1) is 18.1. The fourth-order valence-electron chi connectivity index (χ4n) is 5.69. The topological polar surface area (TPSA) is 57.2 Å². The number of aliphatic hydroxyl groups is 1. The van der Waals surface area contributed by atoms with Gasteiger partial charge in [-0.1, -0.05) is 111 Å². The molecule has 5 nitrogen and oxygen atoms in total. The van der Waals surface area contributed by atoms with E-state index >= 15 is 0 Å². The van der Waals surface area contributed by atoms with E-state index in [0.717, 1.165) is 4.90 Å². The van der Waals surface area contributed by atoms with Crippen molar-refractivity contribution in [2.75, 3.05) is 6.61 Å². The van der Waals surface area contributed by atoms with Crippen LogP contribution in [-0.2, 0) is 18.6 Å². The molecular formula is C31H38O5SSi. The summed E-state index contributed by atoms with van der Waals surface area (Å²) in [7, 11) is -2.77. The minimum atomic E-state index is -2.77. The van der Waals surface area contributed by atoms with E-state index in [4.69, 9.17) is 18.6 Å². The number of rotatable bonds is 7. The second kappa shape index (κ2) is 10.9. The Morgan fingerprint density at radius 1 is 0.816 bits per heavy atom. The average Bonchev–Trinajstić information content (AvgIpc) is 3.23. The Balaban J connectivity index is 1.49.